The second kappa shape index (κ2) is 13.4. The van der Waals surface area contributed by atoms with Crippen molar-refractivity contribution < 1.29 is 0 Å². The fourth-order valence-electron chi connectivity index (χ4n) is 8.43. The maximum atomic E-state index is 2.40. The van der Waals surface area contributed by atoms with E-state index in [9.17, 15) is 0 Å². The van der Waals surface area contributed by atoms with E-state index >= 15 is 0 Å². The number of para-hydroxylation sites is 1. The van der Waals surface area contributed by atoms with Crippen LogP contribution in [-0.4, -0.2) is 0 Å². The van der Waals surface area contributed by atoms with Crippen LogP contribution in [0.2, 0.25) is 0 Å². The number of anilines is 3. The third-order valence-corrected chi connectivity index (χ3v) is 12.4. The van der Waals surface area contributed by atoms with E-state index in [-0.39, 0.29) is 0 Å². The molecule has 1 aromatic heterocycles. The van der Waals surface area contributed by atoms with Gasteiger partial charge >= 0.3 is 0 Å². The third kappa shape index (κ3) is 5.62. The Morgan fingerprint density at radius 2 is 0.839 bits per heavy atom. The van der Waals surface area contributed by atoms with Crippen LogP contribution >= 0.6 is 11.3 Å². The Balaban J connectivity index is 0.993. The van der Waals surface area contributed by atoms with Crippen molar-refractivity contribution in [1.82, 2.24) is 0 Å². The average molecular weight is 730 g/mol. The third-order valence-electron chi connectivity index (χ3n) is 11.2. The molecule has 1 heterocycles. The van der Waals surface area contributed by atoms with E-state index in [1.165, 1.54) is 85.9 Å². The first kappa shape index (κ1) is 32.4. The van der Waals surface area contributed by atoms with Gasteiger partial charge in [0.25, 0.3) is 0 Å². The number of hydrogen-bond donors (Lipinski definition) is 0. The summed E-state index contributed by atoms with van der Waals surface area (Å²) in [5.41, 5.74) is 10.7. The number of benzene rings is 10. The zero-order chi connectivity index (χ0) is 37.0. The van der Waals surface area contributed by atoms with Gasteiger partial charge < -0.3 is 4.90 Å². The lowest BCUT2D eigenvalue weighted by Crippen LogP contribution is -2.10. The number of thiophene rings is 1. The zero-order valence-corrected chi connectivity index (χ0v) is 31.4. The van der Waals surface area contributed by atoms with Gasteiger partial charge in [-0.1, -0.05) is 146 Å². The Labute approximate surface area is 330 Å². The van der Waals surface area contributed by atoms with Gasteiger partial charge in [0.2, 0.25) is 0 Å². The van der Waals surface area contributed by atoms with Crippen molar-refractivity contribution in [2.45, 2.75) is 0 Å². The number of hydrogen-bond acceptors (Lipinski definition) is 2. The van der Waals surface area contributed by atoms with Crippen molar-refractivity contribution >= 4 is 80.9 Å². The van der Waals surface area contributed by atoms with Gasteiger partial charge in [0.15, 0.2) is 0 Å². The molecule has 0 radical (unpaired) electrons. The highest BCUT2D eigenvalue weighted by atomic mass is 32.1. The van der Waals surface area contributed by atoms with Gasteiger partial charge in [0, 0.05) is 36.9 Å². The lowest BCUT2D eigenvalue weighted by molar-refractivity contribution is 1.30. The minimum Gasteiger partial charge on any atom is -0.310 e. The number of nitrogens with zero attached hydrogens (tertiary/aromatic N) is 1. The molecule has 2 heteroatoms. The maximum Gasteiger partial charge on any atom is 0.0540 e. The highest BCUT2D eigenvalue weighted by Crippen LogP contribution is 2.44. The van der Waals surface area contributed by atoms with Crippen LogP contribution in [0.1, 0.15) is 0 Å². The van der Waals surface area contributed by atoms with Gasteiger partial charge in [0.1, 0.15) is 0 Å². The van der Waals surface area contributed by atoms with Crippen LogP contribution in [0.4, 0.5) is 17.1 Å². The summed E-state index contributed by atoms with van der Waals surface area (Å²) in [5.74, 6) is 0. The summed E-state index contributed by atoms with van der Waals surface area (Å²) >= 11 is 1.86. The topological polar surface area (TPSA) is 3.24 Å². The molecule has 10 aromatic carbocycles. The van der Waals surface area contributed by atoms with Gasteiger partial charge in [-0.3, -0.25) is 0 Å². The second-order valence-corrected chi connectivity index (χ2v) is 15.6. The van der Waals surface area contributed by atoms with Gasteiger partial charge in [-0.25, -0.2) is 0 Å². The summed E-state index contributed by atoms with van der Waals surface area (Å²) < 4.78 is 2.65. The summed E-state index contributed by atoms with van der Waals surface area (Å²) in [7, 11) is 0. The van der Waals surface area contributed by atoms with Crippen LogP contribution in [-0.2, 0) is 0 Å². The van der Waals surface area contributed by atoms with E-state index in [2.05, 4.69) is 217 Å². The van der Waals surface area contributed by atoms with E-state index in [4.69, 9.17) is 0 Å². The first-order valence-corrected chi connectivity index (χ1v) is 20.0. The second-order valence-electron chi connectivity index (χ2n) is 14.5. The van der Waals surface area contributed by atoms with Crippen LogP contribution < -0.4 is 4.90 Å². The Bertz CT molecular complexity index is 3270. The van der Waals surface area contributed by atoms with E-state index in [1.807, 2.05) is 11.3 Å². The lowest BCUT2D eigenvalue weighted by atomic mass is 9.95. The molecule has 1 nitrogen and oxygen atoms in total. The first-order chi connectivity index (χ1) is 27.7. The van der Waals surface area contributed by atoms with Crippen molar-refractivity contribution in [3.05, 3.63) is 212 Å². The van der Waals surface area contributed by atoms with Gasteiger partial charge in [-0.15, -0.1) is 11.3 Å². The normalized spacial score (nSPS) is 11.6. The molecule has 11 aromatic rings. The van der Waals surface area contributed by atoms with E-state index in [1.54, 1.807) is 0 Å². The van der Waals surface area contributed by atoms with Gasteiger partial charge in [-0.05, 0) is 127 Å². The molecule has 0 aliphatic rings. The molecule has 0 aliphatic heterocycles. The Hall–Kier alpha value is -7.00. The van der Waals surface area contributed by atoms with E-state index in [0.29, 0.717) is 0 Å². The molecule has 0 saturated carbocycles. The quantitative estimate of drug-likeness (QED) is 0.165. The van der Waals surface area contributed by atoms with Crippen molar-refractivity contribution in [3.63, 3.8) is 0 Å². The zero-order valence-electron chi connectivity index (χ0n) is 30.6. The molecule has 0 bridgehead atoms. The predicted octanol–water partition coefficient (Wildman–Crippen LogP) is 16.0. The molecule has 0 atom stereocenters. The molecule has 0 saturated heterocycles. The van der Waals surface area contributed by atoms with E-state index < -0.39 is 0 Å². The molecule has 0 spiro atoms. The van der Waals surface area contributed by atoms with Crippen LogP contribution in [0.5, 0.6) is 0 Å². The van der Waals surface area contributed by atoms with Crippen molar-refractivity contribution in [2.75, 3.05) is 4.90 Å². The van der Waals surface area contributed by atoms with Crippen molar-refractivity contribution in [1.29, 1.82) is 0 Å². The van der Waals surface area contributed by atoms with Crippen LogP contribution in [0.25, 0.3) is 85.9 Å². The molecule has 0 amide bonds. The molecule has 262 valence electrons. The summed E-state index contributed by atoms with van der Waals surface area (Å²) in [6.45, 7) is 0. The molecule has 0 N–H and O–H groups in total. The average Bonchev–Trinajstić information content (AvgIpc) is 3.64. The van der Waals surface area contributed by atoms with Crippen molar-refractivity contribution in [3.8, 4) is 33.4 Å². The molecule has 0 fully saturated rings. The van der Waals surface area contributed by atoms with Crippen LogP contribution in [0.15, 0.2) is 212 Å². The Morgan fingerprint density at radius 3 is 1.61 bits per heavy atom. The summed E-state index contributed by atoms with van der Waals surface area (Å²) in [6.07, 6.45) is 0. The first-order valence-electron chi connectivity index (χ1n) is 19.2. The summed E-state index contributed by atoms with van der Waals surface area (Å²) in [6, 6.07) is 77.8. The fourth-order valence-corrected chi connectivity index (χ4v) is 9.51. The Morgan fingerprint density at radius 1 is 0.286 bits per heavy atom. The monoisotopic (exact) mass is 729 g/mol. The van der Waals surface area contributed by atoms with Gasteiger partial charge in [-0.2, -0.15) is 0 Å². The SMILES string of the molecule is c1ccc(N(c2cccc(-c3ccc4cc(-c5ccc6ccccc6c5)ccc4c3)c2)c2ccc(-c3ccc4sc5ccccc5c4c3)c3ccccc23)cc1. The predicted molar refractivity (Wildman–Crippen MR) is 243 cm³/mol. The molecule has 11 rings (SSSR count). The highest BCUT2D eigenvalue weighted by Gasteiger charge is 2.18. The standard InChI is InChI=1S/C54H35NS/c1-2-14-45(15-3-1)55(52-29-28-47(48-17-6-7-18-49(48)52)44-27-30-54-51(35-44)50-19-8-9-20-53(50)56-54)46-16-10-13-38(34-46)39-23-24-43-33-42(26-25-41(43)32-39)40-22-21-36-11-4-5-12-37(36)31-40/h1-35H. The molecule has 0 aliphatic carbocycles. The maximum absolute atomic E-state index is 2.40. The van der Waals surface area contributed by atoms with Crippen LogP contribution in [0.3, 0.4) is 0 Å². The highest BCUT2D eigenvalue weighted by molar-refractivity contribution is 7.25. The minimum absolute atomic E-state index is 1.12. The lowest BCUT2D eigenvalue weighted by Gasteiger charge is -2.28. The fraction of sp³-hybridized carbons (Fsp3) is 0. The molecule has 56 heavy (non-hydrogen) atoms. The molecular weight excluding hydrogens is 695 g/mol. The van der Waals surface area contributed by atoms with Crippen LogP contribution in [0, 0.1) is 0 Å². The molecular formula is C54H35NS. The number of fused-ring (bicyclic) bond motifs is 6. The smallest absolute Gasteiger partial charge is 0.0540 e. The van der Waals surface area contributed by atoms with E-state index in [0.717, 1.165) is 17.1 Å². The minimum atomic E-state index is 1.12. The van der Waals surface area contributed by atoms with Crippen molar-refractivity contribution in [2.24, 2.45) is 0 Å². The van der Waals surface area contributed by atoms with Gasteiger partial charge in [0.05, 0.1) is 5.69 Å². The Kier molecular flexibility index (Phi) is 7.75. The summed E-state index contributed by atoms with van der Waals surface area (Å²) in [5, 5.41) is 10.1. The number of rotatable bonds is 6. The largest absolute Gasteiger partial charge is 0.310 e. The molecule has 0 unspecified atom stereocenters. The summed E-state index contributed by atoms with van der Waals surface area (Å²) in [4.78, 5) is 2.40.